The number of carbonyl (C=O) groups is 3. The molecule has 8 heteroatoms. The Balaban J connectivity index is 1.48. The van der Waals surface area contributed by atoms with E-state index in [2.05, 4.69) is 27.9 Å². The number of anilines is 2. The van der Waals surface area contributed by atoms with Gasteiger partial charge in [-0.2, -0.15) is 0 Å². The fourth-order valence-electron chi connectivity index (χ4n) is 3.48. The highest BCUT2D eigenvalue weighted by molar-refractivity contribution is 14.1. The second-order valence-corrected chi connectivity index (χ2v) is 9.52. The van der Waals surface area contributed by atoms with Crippen LogP contribution in [0, 0.1) is 3.57 Å². The predicted molar refractivity (Wildman–Crippen MR) is 140 cm³/mol. The summed E-state index contributed by atoms with van der Waals surface area (Å²) in [6.45, 7) is 4.06. The Morgan fingerprint density at radius 3 is 2.24 bits per heavy atom. The SMILES string of the molecule is CC(C)c1ccccc1OC(=O)c1ccc(NC2=C(Cl)C(=O)N(c3ccc(I)cc3)C2=O)cc1. The van der Waals surface area contributed by atoms with Gasteiger partial charge in [0.1, 0.15) is 16.5 Å². The van der Waals surface area contributed by atoms with Gasteiger partial charge < -0.3 is 10.1 Å². The van der Waals surface area contributed by atoms with Crippen molar-refractivity contribution >= 4 is 63.4 Å². The van der Waals surface area contributed by atoms with Crippen LogP contribution in [0.25, 0.3) is 0 Å². The molecule has 1 aliphatic rings. The maximum absolute atomic E-state index is 12.9. The van der Waals surface area contributed by atoms with Gasteiger partial charge in [-0.25, -0.2) is 9.69 Å². The van der Waals surface area contributed by atoms with E-state index in [9.17, 15) is 14.4 Å². The number of benzene rings is 3. The van der Waals surface area contributed by atoms with E-state index in [1.54, 1.807) is 54.6 Å². The molecule has 3 aromatic rings. The average Bonchev–Trinajstić information content (AvgIpc) is 3.03. The maximum Gasteiger partial charge on any atom is 0.343 e. The number of amides is 2. The summed E-state index contributed by atoms with van der Waals surface area (Å²) in [5.41, 5.74) is 2.20. The van der Waals surface area contributed by atoms with Crippen molar-refractivity contribution in [3.63, 3.8) is 0 Å². The van der Waals surface area contributed by atoms with Gasteiger partial charge in [-0.15, -0.1) is 0 Å². The van der Waals surface area contributed by atoms with Crippen LogP contribution in [0.3, 0.4) is 0 Å². The number of imide groups is 1. The van der Waals surface area contributed by atoms with Gasteiger partial charge in [-0.05, 0) is 88.7 Å². The predicted octanol–water partition coefficient (Wildman–Crippen LogP) is 6.07. The highest BCUT2D eigenvalue weighted by Crippen LogP contribution is 2.31. The van der Waals surface area contributed by atoms with E-state index < -0.39 is 17.8 Å². The molecule has 0 atom stereocenters. The van der Waals surface area contributed by atoms with Gasteiger partial charge in [-0.3, -0.25) is 9.59 Å². The summed E-state index contributed by atoms with van der Waals surface area (Å²) in [5.74, 6) is -0.912. The molecule has 1 N–H and O–H groups in total. The Morgan fingerprint density at radius 2 is 1.59 bits per heavy atom. The second kappa shape index (κ2) is 9.99. The third-order valence-electron chi connectivity index (χ3n) is 5.25. The molecule has 0 spiro atoms. The lowest BCUT2D eigenvalue weighted by molar-refractivity contribution is -0.120. The lowest BCUT2D eigenvalue weighted by atomic mass is 10.0. The number of hydrogen-bond acceptors (Lipinski definition) is 5. The van der Waals surface area contributed by atoms with Crippen LogP contribution in [-0.2, 0) is 9.59 Å². The van der Waals surface area contributed by atoms with Crippen LogP contribution in [0.5, 0.6) is 5.75 Å². The molecule has 0 saturated carbocycles. The third kappa shape index (κ3) is 4.85. The number of rotatable bonds is 6. The van der Waals surface area contributed by atoms with E-state index in [1.165, 1.54) is 0 Å². The summed E-state index contributed by atoms with van der Waals surface area (Å²) in [4.78, 5) is 39.2. The molecule has 4 rings (SSSR count). The van der Waals surface area contributed by atoms with Gasteiger partial charge in [0.05, 0.1) is 11.3 Å². The van der Waals surface area contributed by atoms with Crippen LogP contribution in [-0.4, -0.2) is 17.8 Å². The summed E-state index contributed by atoms with van der Waals surface area (Å²) in [6.07, 6.45) is 0. The Labute approximate surface area is 215 Å². The smallest absolute Gasteiger partial charge is 0.343 e. The van der Waals surface area contributed by atoms with Gasteiger partial charge in [0.15, 0.2) is 0 Å². The number of nitrogens with one attached hydrogen (secondary N) is 1. The van der Waals surface area contributed by atoms with E-state index in [1.807, 2.05) is 32.0 Å². The molecule has 172 valence electrons. The quantitative estimate of drug-likeness (QED) is 0.164. The monoisotopic (exact) mass is 586 g/mol. The van der Waals surface area contributed by atoms with Crippen molar-refractivity contribution in [1.82, 2.24) is 0 Å². The van der Waals surface area contributed by atoms with Crippen LogP contribution in [0.1, 0.15) is 35.7 Å². The van der Waals surface area contributed by atoms with Crippen molar-refractivity contribution in [2.75, 3.05) is 10.2 Å². The minimum Gasteiger partial charge on any atom is -0.423 e. The third-order valence-corrected chi connectivity index (χ3v) is 6.32. The lowest BCUT2D eigenvalue weighted by Crippen LogP contribution is -2.32. The van der Waals surface area contributed by atoms with Crippen molar-refractivity contribution in [2.45, 2.75) is 19.8 Å². The number of esters is 1. The Kier molecular flexibility index (Phi) is 7.04. The van der Waals surface area contributed by atoms with Gasteiger partial charge >= 0.3 is 5.97 Å². The van der Waals surface area contributed by atoms with Crippen molar-refractivity contribution in [3.05, 3.63) is 98.2 Å². The average molecular weight is 587 g/mol. The minimum absolute atomic E-state index is 0.0218. The standard InChI is InChI=1S/C26H20ClIN2O4/c1-15(2)20-5-3-4-6-21(20)34-26(33)16-7-11-18(12-8-16)29-23-22(27)24(31)30(25(23)32)19-13-9-17(28)10-14-19/h3-15,29H,1-2H3. The topological polar surface area (TPSA) is 75.7 Å². The van der Waals surface area contributed by atoms with Gasteiger partial charge in [-0.1, -0.05) is 43.6 Å². The molecule has 0 aliphatic carbocycles. The Bertz CT molecular complexity index is 1300. The number of para-hydroxylation sites is 1. The van der Waals surface area contributed by atoms with Crippen LogP contribution in [0.15, 0.2) is 83.5 Å². The Morgan fingerprint density at radius 1 is 0.941 bits per heavy atom. The molecule has 2 amide bonds. The first-order chi connectivity index (χ1) is 16.3. The van der Waals surface area contributed by atoms with Crippen LogP contribution >= 0.6 is 34.2 Å². The number of hydrogen-bond donors (Lipinski definition) is 1. The van der Waals surface area contributed by atoms with Crippen LogP contribution in [0.4, 0.5) is 11.4 Å². The van der Waals surface area contributed by atoms with Crippen LogP contribution < -0.4 is 15.0 Å². The molecule has 0 aromatic heterocycles. The molecule has 1 aliphatic heterocycles. The number of carbonyl (C=O) groups excluding carboxylic acids is 3. The molecule has 0 fully saturated rings. The molecule has 6 nitrogen and oxygen atoms in total. The first kappa shape index (κ1) is 24.0. The summed E-state index contributed by atoms with van der Waals surface area (Å²) in [7, 11) is 0. The van der Waals surface area contributed by atoms with Gasteiger partial charge in [0, 0.05) is 9.26 Å². The van der Waals surface area contributed by atoms with Gasteiger partial charge in [0.2, 0.25) is 0 Å². The van der Waals surface area contributed by atoms with E-state index in [4.69, 9.17) is 16.3 Å². The normalized spacial score (nSPS) is 13.6. The maximum atomic E-state index is 12.9. The van der Waals surface area contributed by atoms with E-state index in [-0.39, 0.29) is 16.6 Å². The largest absolute Gasteiger partial charge is 0.423 e. The van der Waals surface area contributed by atoms with E-state index >= 15 is 0 Å². The summed E-state index contributed by atoms with van der Waals surface area (Å²) < 4.78 is 6.57. The highest BCUT2D eigenvalue weighted by Gasteiger charge is 2.38. The molecular weight excluding hydrogens is 567 g/mol. The molecule has 0 saturated heterocycles. The van der Waals surface area contributed by atoms with Crippen LogP contribution in [0.2, 0.25) is 0 Å². The molecule has 1 heterocycles. The zero-order valence-corrected chi connectivity index (χ0v) is 21.3. The molecule has 0 radical (unpaired) electrons. The summed E-state index contributed by atoms with van der Waals surface area (Å²) in [5, 5.41) is 2.71. The van der Waals surface area contributed by atoms with Crippen molar-refractivity contribution < 1.29 is 19.1 Å². The minimum atomic E-state index is -0.598. The fourth-order valence-corrected chi connectivity index (χ4v) is 4.05. The summed E-state index contributed by atoms with van der Waals surface area (Å²) in [6, 6.07) is 20.8. The molecule has 0 unspecified atom stereocenters. The number of ether oxygens (including phenoxy) is 1. The zero-order chi connectivity index (χ0) is 24.4. The summed E-state index contributed by atoms with van der Waals surface area (Å²) >= 11 is 8.33. The van der Waals surface area contributed by atoms with Crippen molar-refractivity contribution in [1.29, 1.82) is 0 Å². The van der Waals surface area contributed by atoms with E-state index in [0.717, 1.165) is 14.0 Å². The van der Waals surface area contributed by atoms with E-state index in [0.29, 0.717) is 22.7 Å². The molecule has 0 bridgehead atoms. The zero-order valence-electron chi connectivity index (χ0n) is 18.3. The fraction of sp³-hybridized carbons (Fsp3) is 0.115. The first-order valence-corrected chi connectivity index (χ1v) is 11.9. The van der Waals surface area contributed by atoms with Crippen molar-refractivity contribution in [3.8, 4) is 5.75 Å². The number of nitrogens with zero attached hydrogens (tertiary/aromatic N) is 1. The lowest BCUT2D eigenvalue weighted by Gasteiger charge is -2.15. The van der Waals surface area contributed by atoms with Crippen molar-refractivity contribution in [2.24, 2.45) is 0 Å². The molecule has 3 aromatic carbocycles. The Hall–Kier alpha value is -3.17. The second-order valence-electron chi connectivity index (χ2n) is 7.90. The first-order valence-electron chi connectivity index (χ1n) is 10.5. The molecule has 34 heavy (non-hydrogen) atoms. The molecular formula is C26H20ClIN2O4. The number of halogens is 2. The highest BCUT2D eigenvalue weighted by atomic mass is 127. The van der Waals surface area contributed by atoms with Gasteiger partial charge in [0.25, 0.3) is 11.8 Å².